The SMILES string of the molecule is O=c1[nH]cc(-c2ccccc2OC(F)(F)F)cc1-c1ccccc1OC(F)(F)F. The zero-order valence-corrected chi connectivity index (χ0v) is 14.3. The van der Waals surface area contributed by atoms with Crippen LogP contribution in [-0.4, -0.2) is 17.7 Å². The fourth-order valence-corrected chi connectivity index (χ4v) is 2.66. The van der Waals surface area contributed by atoms with Crippen LogP contribution in [0.5, 0.6) is 11.5 Å². The van der Waals surface area contributed by atoms with E-state index in [1.54, 1.807) is 0 Å². The highest BCUT2D eigenvalue weighted by Gasteiger charge is 2.33. The molecule has 0 aliphatic rings. The molecule has 0 saturated heterocycles. The lowest BCUT2D eigenvalue weighted by Crippen LogP contribution is -2.18. The van der Waals surface area contributed by atoms with Crippen molar-refractivity contribution >= 4 is 0 Å². The molecule has 0 radical (unpaired) electrons. The smallest absolute Gasteiger partial charge is 0.405 e. The Hall–Kier alpha value is -3.43. The highest BCUT2D eigenvalue weighted by Crippen LogP contribution is 2.36. The molecule has 3 aromatic rings. The molecule has 29 heavy (non-hydrogen) atoms. The van der Waals surface area contributed by atoms with Gasteiger partial charge in [0.05, 0.1) is 5.56 Å². The zero-order valence-electron chi connectivity index (χ0n) is 14.3. The number of aromatic amines is 1. The number of aromatic nitrogens is 1. The van der Waals surface area contributed by atoms with Crippen LogP contribution in [0.25, 0.3) is 22.3 Å². The first-order chi connectivity index (χ1) is 13.5. The summed E-state index contributed by atoms with van der Waals surface area (Å²) in [4.78, 5) is 14.5. The van der Waals surface area contributed by atoms with E-state index in [1.807, 2.05) is 0 Å². The number of alkyl halides is 6. The van der Waals surface area contributed by atoms with Crippen molar-refractivity contribution in [3.05, 3.63) is 71.1 Å². The van der Waals surface area contributed by atoms with Crippen molar-refractivity contribution in [3.8, 4) is 33.8 Å². The Balaban J connectivity index is 2.12. The topological polar surface area (TPSA) is 51.3 Å². The summed E-state index contributed by atoms with van der Waals surface area (Å²) in [6.07, 6.45) is -8.81. The normalized spacial score (nSPS) is 11.9. The Bertz CT molecular complexity index is 1070. The Morgan fingerprint density at radius 3 is 1.72 bits per heavy atom. The van der Waals surface area contributed by atoms with Gasteiger partial charge in [-0.05, 0) is 18.2 Å². The van der Waals surface area contributed by atoms with Crippen LogP contribution in [0.1, 0.15) is 0 Å². The Morgan fingerprint density at radius 2 is 1.17 bits per heavy atom. The van der Waals surface area contributed by atoms with Crippen molar-refractivity contribution < 1.29 is 35.8 Å². The summed E-state index contributed by atoms with van der Waals surface area (Å²) in [7, 11) is 0. The maximum Gasteiger partial charge on any atom is 0.573 e. The van der Waals surface area contributed by atoms with Gasteiger partial charge in [0.25, 0.3) is 5.56 Å². The van der Waals surface area contributed by atoms with E-state index in [1.165, 1.54) is 36.4 Å². The Kier molecular flexibility index (Phi) is 5.27. The summed E-state index contributed by atoms with van der Waals surface area (Å²) < 4.78 is 83.9. The first-order valence-corrected chi connectivity index (χ1v) is 7.96. The number of ether oxygens (including phenoxy) is 2. The highest BCUT2D eigenvalue weighted by atomic mass is 19.4. The molecule has 2 aromatic carbocycles. The van der Waals surface area contributed by atoms with Crippen molar-refractivity contribution in [3.63, 3.8) is 0 Å². The van der Waals surface area contributed by atoms with Gasteiger partial charge in [0, 0.05) is 22.9 Å². The van der Waals surface area contributed by atoms with Crippen LogP contribution in [0.15, 0.2) is 65.6 Å². The molecule has 3 rings (SSSR count). The predicted molar refractivity (Wildman–Crippen MR) is 91.3 cm³/mol. The lowest BCUT2D eigenvalue weighted by atomic mass is 10.0. The van der Waals surface area contributed by atoms with Gasteiger partial charge in [-0.25, -0.2) is 0 Å². The van der Waals surface area contributed by atoms with Gasteiger partial charge in [0.2, 0.25) is 0 Å². The molecule has 0 amide bonds. The summed E-state index contributed by atoms with van der Waals surface area (Å²) in [6, 6.07) is 11.3. The van der Waals surface area contributed by atoms with Crippen molar-refractivity contribution in [2.75, 3.05) is 0 Å². The average Bonchev–Trinajstić information content (AvgIpc) is 2.61. The number of H-pyrrole nitrogens is 1. The summed E-state index contributed by atoms with van der Waals surface area (Å²) in [6.45, 7) is 0. The van der Waals surface area contributed by atoms with E-state index in [9.17, 15) is 31.1 Å². The van der Waals surface area contributed by atoms with Crippen LogP contribution in [-0.2, 0) is 0 Å². The van der Waals surface area contributed by atoms with E-state index in [-0.39, 0.29) is 22.3 Å². The summed E-state index contributed by atoms with van der Waals surface area (Å²) in [5, 5.41) is 0. The van der Waals surface area contributed by atoms with Gasteiger partial charge in [-0.1, -0.05) is 36.4 Å². The van der Waals surface area contributed by atoms with Gasteiger partial charge >= 0.3 is 12.7 Å². The second kappa shape index (κ2) is 7.53. The monoisotopic (exact) mass is 415 g/mol. The van der Waals surface area contributed by atoms with E-state index in [2.05, 4.69) is 14.5 Å². The molecule has 1 N–H and O–H groups in total. The van der Waals surface area contributed by atoms with Gasteiger partial charge in [-0.2, -0.15) is 0 Å². The molecule has 10 heteroatoms. The minimum atomic E-state index is -4.99. The van der Waals surface area contributed by atoms with Gasteiger partial charge in [-0.3, -0.25) is 4.79 Å². The lowest BCUT2D eigenvalue weighted by molar-refractivity contribution is -0.275. The number of halogens is 6. The number of pyridine rings is 1. The molecule has 0 spiro atoms. The second-order valence-corrected chi connectivity index (χ2v) is 5.72. The first-order valence-electron chi connectivity index (χ1n) is 7.96. The Morgan fingerprint density at radius 1 is 0.690 bits per heavy atom. The van der Waals surface area contributed by atoms with E-state index in [0.717, 1.165) is 24.4 Å². The standard InChI is InChI=1S/C19H11F6NO3/c20-18(21,22)28-15-7-3-1-5-12(15)11-9-14(17(27)26-10-11)13-6-2-4-8-16(13)29-19(23,24)25/h1-10H,(H,26,27). The van der Waals surface area contributed by atoms with Crippen LogP contribution in [0.4, 0.5) is 26.3 Å². The van der Waals surface area contributed by atoms with Crippen molar-refractivity contribution in [2.45, 2.75) is 12.7 Å². The van der Waals surface area contributed by atoms with Gasteiger partial charge in [-0.15, -0.1) is 26.3 Å². The third-order valence-corrected chi connectivity index (χ3v) is 3.73. The van der Waals surface area contributed by atoms with E-state index < -0.39 is 29.8 Å². The molecule has 0 aliphatic heterocycles. The van der Waals surface area contributed by atoms with Crippen LogP contribution < -0.4 is 15.0 Å². The Labute approximate surface area is 159 Å². The van der Waals surface area contributed by atoms with E-state index in [0.29, 0.717) is 0 Å². The molecule has 0 atom stereocenters. The molecule has 0 saturated carbocycles. The fourth-order valence-electron chi connectivity index (χ4n) is 2.66. The van der Waals surface area contributed by atoms with Crippen molar-refractivity contribution in [1.29, 1.82) is 0 Å². The third-order valence-electron chi connectivity index (χ3n) is 3.73. The fraction of sp³-hybridized carbons (Fsp3) is 0.105. The largest absolute Gasteiger partial charge is 0.573 e. The first kappa shape index (κ1) is 20.3. The number of hydrogen-bond acceptors (Lipinski definition) is 3. The molecule has 4 nitrogen and oxygen atoms in total. The van der Waals surface area contributed by atoms with E-state index in [4.69, 9.17) is 0 Å². The summed E-state index contributed by atoms with van der Waals surface area (Å²) >= 11 is 0. The maximum atomic E-state index is 12.7. The molecule has 0 fully saturated rings. The van der Waals surface area contributed by atoms with Crippen LogP contribution in [0.2, 0.25) is 0 Å². The second-order valence-electron chi connectivity index (χ2n) is 5.72. The van der Waals surface area contributed by atoms with Gasteiger partial charge < -0.3 is 14.5 Å². The van der Waals surface area contributed by atoms with Gasteiger partial charge in [0.1, 0.15) is 11.5 Å². The maximum absolute atomic E-state index is 12.7. The molecule has 0 unspecified atom stereocenters. The third kappa shape index (κ3) is 5.09. The van der Waals surface area contributed by atoms with E-state index >= 15 is 0 Å². The predicted octanol–water partition coefficient (Wildman–Crippen LogP) is 5.51. The number of hydrogen-bond donors (Lipinski definition) is 1. The lowest BCUT2D eigenvalue weighted by Gasteiger charge is -2.15. The molecule has 1 aromatic heterocycles. The molecular weight excluding hydrogens is 404 g/mol. The summed E-state index contributed by atoms with van der Waals surface area (Å²) in [5.74, 6) is -1.15. The molecule has 0 bridgehead atoms. The zero-order chi connectivity index (χ0) is 21.2. The molecule has 152 valence electrons. The van der Waals surface area contributed by atoms with Crippen LogP contribution >= 0.6 is 0 Å². The molecular formula is C19H11F6NO3. The minimum absolute atomic E-state index is 0.0171. The minimum Gasteiger partial charge on any atom is -0.405 e. The van der Waals surface area contributed by atoms with Gasteiger partial charge in [0.15, 0.2) is 0 Å². The highest BCUT2D eigenvalue weighted by molar-refractivity contribution is 5.77. The quantitative estimate of drug-likeness (QED) is 0.572. The average molecular weight is 415 g/mol. The van der Waals surface area contributed by atoms with Crippen molar-refractivity contribution in [1.82, 2.24) is 4.98 Å². The number of rotatable bonds is 4. The number of para-hydroxylation sites is 2. The van der Waals surface area contributed by atoms with Crippen molar-refractivity contribution in [2.24, 2.45) is 0 Å². The summed E-state index contributed by atoms with van der Waals surface area (Å²) in [5.41, 5.74) is -1.06. The number of nitrogens with one attached hydrogen (secondary N) is 1. The molecule has 1 heterocycles. The number of benzene rings is 2. The van der Waals surface area contributed by atoms with Crippen LogP contribution in [0, 0.1) is 0 Å². The molecule has 0 aliphatic carbocycles. The van der Waals surface area contributed by atoms with Crippen LogP contribution in [0.3, 0.4) is 0 Å².